The van der Waals surface area contributed by atoms with Crippen molar-refractivity contribution in [1.82, 2.24) is 9.62 Å². The van der Waals surface area contributed by atoms with E-state index in [0.29, 0.717) is 37.7 Å². The van der Waals surface area contributed by atoms with E-state index in [1.165, 1.54) is 6.92 Å². The Morgan fingerprint density at radius 3 is 2.62 bits per heavy atom. The molecule has 9 heteroatoms. The smallest absolute Gasteiger partial charge is 0.240 e. The minimum absolute atomic E-state index is 0.0133. The summed E-state index contributed by atoms with van der Waals surface area (Å²) in [5.41, 5.74) is 2.54. The molecule has 1 N–H and O–H groups in total. The van der Waals surface area contributed by atoms with E-state index in [-0.39, 0.29) is 29.4 Å². The van der Waals surface area contributed by atoms with Gasteiger partial charge in [0.05, 0.1) is 18.1 Å². The SMILES string of the molecule is CC(=O)N1c2ccc(S(=O)(=O)NC[C@H](c3ccccc3Cl)N3CCOCC3)cc2C[C@@H]1C. The van der Waals surface area contributed by atoms with Gasteiger partial charge in [-0.25, -0.2) is 13.1 Å². The van der Waals surface area contributed by atoms with E-state index < -0.39 is 10.0 Å². The largest absolute Gasteiger partial charge is 0.379 e. The zero-order valence-electron chi connectivity index (χ0n) is 18.3. The number of benzene rings is 2. The van der Waals surface area contributed by atoms with Gasteiger partial charge in [0.2, 0.25) is 15.9 Å². The van der Waals surface area contributed by atoms with Gasteiger partial charge in [-0.1, -0.05) is 29.8 Å². The number of hydrogen-bond donors (Lipinski definition) is 1. The zero-order chi connectivity index (χ0) is 22.9. The van der Waals surface area contributed by atoms with Crippen molar-refractivity contribution in [2.45, 2.75) is 37.2 Å². The molecule has 2 atom stereocenters. The van der Waals surface area contributed by atoms with Crippen molar-refractivity contribution in [1.29, 1.82) is 0 Å². The second kappa shape index (κ2) is 9.49. The Balaban J connectivity index is 1.56. The Hall–Kier alpha value is -1.97. The van der Waals surface area contributed by atoms with Gasteiger partial charge in [0.1, 0.15) is 0 Å². The lowest BCUT2D eigenvalue weighted by atomic mass is 10.0. The fourth-order valence-corrected chi connectivity index (χ4v) is 5.95. The molecule has 32 heavy (non-hydrogen) atoms. The molecule has 0 spiro atoms. The molecule has 0 saturated carbocycles. The van der Waals surface area contributed by atoms with Crippen LogP contribution in [0.1, 0.15) is 31.0 Å². The van der Waals surface area contributed by atoms with Gasteiger partial charge in [0, 0.05) is 49.4 Å². The van der Waals surface area contributed by atoms with Crippen LogP contribution >= 0.6 is 11.6 Å². The summed E-state index contributed by atoms with van der Waals surface area (Å²) in [6, 6.07) is 12.3. The maximum atomic E-state index is 13.2. The predicted octanol–water partition coefficient (Wildman–Crippen LogP) is 2.99. The van der Waals surface area contributed by atoms with Crippen molar-refractivity contribution in [2.75, 3.05) is 37.7 Å². The zero-order valence-corrected chi connectivity index (χ0v) is 19.8. The molecule has 172 valence electrons. The van der Waals surface area contributed by atoms with Gasteiger partial charge < -0.3 is 9.64 Å². The van der Waals surface area contributed by atoms with Crippen LogP contribution in [0, 0.1) is 0 Å². The summed E-state index contributed by atoms with van der Waals surface area (Å²) in [5, 5.41) is 0.610. The fraction of sp³-hybridized carbons (Fsp3) is 0.435. The summed E-state index contributed by atoms with van der Waals surface area (Å²) < 4.78 is 34.6. The van der Waals surface area contributed by atoms with Crippen molar-refractivity contribution in [2.24, 2.45) is 0 Å². The van der Waals surface area contributed by atoms with Gasteiger partial charge in [-0.15, -0.1) is 0 Å². The Morgan fingerprint density at radius 1 is 1.22 bits per heavy atom. The predicted molar refractivity (Wildman–Crippen MR) is 125 cm³/mol. The number of carbonyl (C=O) groups excluding carboxylic acids is 1. The first-order valence-corrected chi connectivity index (χ1v) is 12.6. The van der Waals surface area contributed by atoms with Gasteiger partial charge in [-0.3, -0.25) is 9.69 Å². The number of fused-ring (bicyclic) bond motifs is 1. The Labute approximate surface area is 194 Å². The molecule has 0 aromatic heterocycles. The number of anilines is 1. The fourth-order valence-electron chi connectivity index (χ4n) is 4.60. The molecule has 0 aliphatic carbocycles. The van der Waals surface area contributed by atoms with Crippen molar-refractivity contribution >= 4 is 33.2 Å². The van der Waals surface area contributed by atoms with Gasteiger partial charge in [0.25, 0.3) is 0 Å². The molecule has 2 heterocycles. The molecule has 0 radical (unpaired) electrons. The van der Waals surface area contributed by atoms with Gasteiger partial charge in [-0.2, -0.15) is 0 Å². The van der Waals surface area contributed by atoms with E-state index in [1.54, 1.807) is 23.1 Å². The minimum Gasteiger partial charge on any atom is -0.379 e. The molecule has 2 aromatic rings. The lowest BCUT2D eigenvalue weighted by Gasteiger charge is -2.35. The number of amides is 1. The number of morpholine rings is 1. The first kappa shape index (κ1) is 23.2. The molecule has 0 bridgehead atoms. The third-order valence-corrected chi connectivity index (χ3v) is 7.90. The summed E-state index contributed by atoms with van der Waals surface area (Å²) in [6.07, 6.45) is 0.633. The van der Waals surface area contributed by atoms with Crippen molar-refractivity contribution in [3.63, 3.8) is 0 Å². The van der Waals surface area contributed by atoms with Crippen LogP contribution < -0.4 is 9.62 Å². The van der Waals surface area contributed by atoms with Crippen LogP contribution in [0.15, 0.2) is 47.4 Å². The molecule has 0 unspecified atom stereocenters. The van der Waals surface area contributed by atoms with Crippen LogP contribution in [0.4, 0.5) is 5.69 Å². The third kappa shape index (κ3) is 4.70. The van der Waals surface area contributed by atoms with Crippen LogP contribution in [-0.2, 0) is 26.0 Å². The normalized spacial score (nSPS) is 20.2. The van der Waals surface area contributed by atoms with E-state index in [1.807, 2.05) is 31.2 Å². The highest BCUT2D eigenvalue weighted by molar-refractivity contribution is 7.89. The standard InChI is InChI=1S/C23H28ClN3O4S/c1-16-13-18-14-19(7-8-22(18)27(16)17(2)28)32(29,30)25-15-23(26-9-11-31-12-10-26)20-5-3-4-6-21(20)24/h3-8,14,16,23,25H,9-13,15H2,1-2H3/t16-,23+/m0/s1. The van der Waals surface area contributed by atoms with Crippen LogP contribution in [0.25, 0.3) is 0 Å². The third-order valence-electron chi connectivity index (χ3n) is 6.13. The average Bonchev–Trinajstić information content (AvgIpc) is 3.11. The highest BCUT2D eigenvalue weighted by atomic mass is 35.5. The number of sulfonamides is 1. The maximum absolute atomic E-state index is 13.2. The Kier molecular flexibility index (Phi) is 6.88. The quantitative estimate of drug-likeness (QED) is 0.692. The summed E-state index contributed by atoms with van der Waals surface area (Å²) in [7, 11) is -3.75. The topological polar surface area (TPSA) is 79.0 Å². The molecule has 1 saturated heterocycles. The molecule has 4 rings (SSSR count). The molecular weight excluding hydrogens is 450 g/mol. The molecular formula is C23H28ClN3O4S. The molecule has 2 aliphatic heterocycles. The van der Waals surface area contributed by atoms with Crippen LogP contribution in [0.3, 0.4) is 0 Å². The lowest BCUT2D eigenvalue weighted by molar-refractivity contribution is -0.116. The van der Waals surface area contributed by atoms with E-state index in [9.17, 15) is 13.2 Å². The number of carbonyl (C=O) groups is 1. The van der Waals surface area contributed by atoms with Gasteiger partial charge >= 0.3 is 0 Å². The highest BCUT2D eigenvalue weighted by Gasteiger charge is 2.31. The van der Waals surface area contributed by atoms with Crippen molar-refractivity contribution in [3.8, 4) is 0 Å². The van der Waals surface area contributed by atoms with Gasteiger partial charge in [-0.05, 0) is 48.7 Å². The van der Waals surface area contributed by atoms with Crippen LogP contribution in [0.2, 0.25) is 5.02 Å². The molecule has 7 nitrogen and oxygen atoms in total. The van der Waals surface area contributed by atoms with Crippen molar-refractivity contribution in [3.05, 3.63) is 58.6 Å². The molecule has 1 fully saturated rings. The number of nitrogens with one attached hydrogen (secondary N) is 1. The number of nitrogens with zero attached hydrogens (tertiary/aromatic N) is 2. The van der Waals surface area contributed by atoms with E-state index >= 15 is 0 Å². The van der Waals surface area contributed by atoms with E-state index in [4.69, 9.17) is 16.3 Å². The second-order valence-corrected chi connectivity index (χ2v) is 10.4. The monoisotopic (exact) mass is 477 g/mol. The number of halogens is 1. The minimum atomic E-state index is -3.75. The molecule has 2 aliphatic rings. The summed E-state index contributed by atoms with van der Waals surface area (Å²) in [5.74, 6) is -0.0434. The molecule has 2 aromatic carbocycles. The molecule has 1 amide bonds. The number of ether oxygens (including phenoxy) is 1. The Morgan fingerprint density at radius 2 is 1.94 bits per heavy atom. The van der Waals surface area contributed by atoms with E-state index in [2.05, 4.69) is 9.62 Å². The summed E-state index contributed by atoms with van der Waals surface area (Å²) >= 11 is 6.45. The number of hydrogen-bond acceptors (Lipinski definition) is 5. The van der Waals surface area contributed by atoms with Gasteiger partial charge in [0.15, 0.2) is 0 Å². The van der Waals surface area contributed by atoms with Crippen molar-refractivity contribution < 1.29 is 17.9 Å². The van der Waals surface area contributed by atoms with Crippen LogP contribution in [0.5, 0.6) is 0 Å². The first-order chi connectivity index (χ1) is 15.3. The first-order valence-electron chi connectivity index (χ1n) is 10.8. The average molecular weight is 478 g/mol. The maximum Gasteiger partial charge on any atom is 0.240 e. The lowest BCUT2D eigenvalue weighted by Crippen LogP contribution is -2.43. The highest BCUT2D eigenvalue weighted by Crippen LogP contribution is 2.34. The summed E-state index contributed by atoms with van der Waals surface area (Å²) in [6.45, 7) is 6.29. The second-order valence-electron chi connectivity index (χ2n) is 8.27. The Bertz CT molecular complexity index is 1100. The number of rotatable bonds is 6. The van der Waals surface area contributed by atoms with Crippen LogP contribution in [-0.4, -0.2) is 58.1 Å². The summed E-state index contributed by atoms with van der Waals surface area (Å²) in [4.78, 5) is 16.1. The van der Waals surface area contributed by atoms with E-state index in [0.717, 1.165) is 16.8 Å².